The minimum Gasteiger partial charge on any atom is -0.339 e. The van der Waals surface area contributed by atoms with Gasteiger partial charge in [0, 0.05) is 55.0 Å². The summed E-state index contributed by atoms with van der Waals surface area (Å²) in [5, 5.41) is 8.56. The van der Waals surface area contributed by atoms with Crippen LogP contribution in [0.5, 0.6) is 0 Å². The molecular formula is C25H26N6O2. The number of aromatic nitrogens is 1. The largest absolute Gasteiger partial charge is 0.339 e. The molecule has 0 aliphatic carbocycles. The second kappa shape index (κ2) is 10.0. The number of carbonyl (C=O) groups excluding carboxylic acids is 2. The monoisotopic (exact) mass is 442 g/mol. The molecule has 0 atom stereocenters. The Hall–Kier alpha value is -4.07. The average molecular weight is 443 g/mol. The van der Waals surface area contributed by atoms with E-state index >= 15 is 0 Å². The summed E-state index contributed by atoms with van der Waals surface area (Å²) in [6.07, 6.45) is 4.56. The lowest BCUT2D eigenvalue weighted by molar-refractivity contribution is -0.121. The van der Waals surface area contributed by atoms with Gasteiger partial charge in [-0.05, 0) is 42.5 Å². The summed E-state index contributed by atoms with van der Waals surface area (Å²) < 4.78 is 0. The van der Waals surface area contributed by atoms with E-state index in [1.165, 1.54) is 0 Å². The maximum Gasteiger partial charge on any atom is 0.253 e. The van der Waals surface area contributed by atoms with Crippen LogP contribution in [0.1, 0.15) is 28.8 Å². The Labute approximate surface area is 192 Å². The third-order valence-corrected chi connectivity index (χ3v) is 5.83. The first kappa shape index (κ1) is 22.1. The smallest absolute Gasteiger partial charge is 0.253 e. The van der Waals surface area contributed by atoms with Gasteiger partial charge in [0.05, 0.1) is 0 Å². The van der Waals surface area contributed by atoms with Gasteiger partial charge in [0.25, 0.3) is 5.91 Å². The predicted octanol–water partition coefficient (Wildman–Crippen LogP) is 3.09. The number of hydrogen-bond donors (Lipinski definition) is 2. The number of hydrogen-bond acceptors (Lipinski definition) is 6. The summed E-state index contributed by atoms with van der Waals surface area (Å²) in [7, 11) is 1.66. The average Bonchev–Trinajstić information content (AvgIpc) is 2.87. The van der Waals surface area contributed by atoms with Crippen molar-refractivity contribution in [3.63, 3.8) is 0 Å². The highest BCUT2D eigenvalue weighted by Gasteiger charge is 2.28. The summed E-state index contributed by atoms with van der Waals surface area (Å²) in [5.41, 5.74) is 2.07. The number of fused-ring (bicyclic) bond motifs is 1. The molecule has 0 spiro atoms. The number of hydrazone groups is 1. The summed E-state index contributed by atoms with van der Waals surface area (Å²) in [4.78, 5) is 35.6. The SMILES string of the molecule is CN=CC(=NN)c1ccc2cnc(NC(=O)C3CCN(C(=O)c4ccccc4)CC3)cc2c1. The topological polar surface area (TPSA) is 113 Å². The molecule has 1 aliphatic rings. The standard InChI is InChI=1S/C25H26N6O2/c1-27-16-22(30-26)19-7-8-20-15-28-23(14-21(20)13-19)29-24(32)17-9-11-31(12-10-17)25(33)18-5-3-2-4-6-18/h2-8,13-17H,9-12,26H2,1H3,(H,28,29,32). The van der Waals surface area contributed by atoms with E-state index < -0.39 is 0 Å². The number of anilines is 1. The molecule has 4 rings (SSSR count). The molecular weight excluding hydrogens is 416 g/mol. The number of nitrogens with zero attached hydrogens (tertiary/aromatic N) is 4. The zero-order chi connectivity index (χ0) is 23.2. The number of aliphatic imine (C=N–C) groups is 1. The number of amides is 2. The highest BCUT2D eigenvalue weighted by molar-refractivity contribution is 6.38. The second-order valence-corrected chi connectivity index (χ2v) is 7.95. The number of benzene rings is 2. The van der Waals surface area contributed by atoms with Crippen molar-refractivity contribution < 1.29 is 9.59 Å². The van der Waals surface area contributed by atoms with Gasteiger partial charge in [-0.15, -0.1) is 0 Å². The van der Waals surface area contributed by atoms with Gasteiger partial charge in [0.1, 0.15) is 11.5 Å². The van der Waals surface area contributed by atoms with Crippen molar-refractivity contribution in [3.8, 4) is 0 Å². The van der Waals surface area contributed by atoms with E-state index in [4.69, 9.17) is 5.84 Å². The number of likely N-dealkylation sites (tertiary alicyclic amines) is 1. The quantitative estimate of drug-likeness (QED) is 0.359. The predicted molar refractivity (Wildman–Crippen MR) is 131 cm³/mol. The Balaban J connectivity index is 1.41. The molecule has 1 aromatic heterocycles. The van der Waals surface area contributed by atoms with E-state index in [1.807, 2.05) is 59.5 Å². The molecule has 1 fully saturated rings. The Morgan fingerprint density at radius 3 is 2.52 bits per heavy atom. The fraction of sp³-hybridized carbons (Fsp3) is 0.240. The minimum absolute atomic E-state index is 0.00923. The first-order valence-corrected chi connectivity index (χ1v) is 10.8. The molecule has 0 bridgehead atoms. The van der Waals surface area contributed by atoms with Gasteiger partial charge in [-0.1, -0.05) is 30.3 Å². The molecule has 3 aromatic rings. The van der Waals surface area contributed by atoms with Crippen LogP contribution in [-0.4, -0.2) is 53.8 Å². The Morgan fingerprint density at radius 1 is 1.06 bits per heavy atom. The van der Waals surface area contributed by atoms with Gasteiger partial charge in [-0.3, -0.25) is 14.6 Å². The molecule has 1 aliphatic heterocycles. The zero-order valence-electron chi connectivity index (χ0n) is 18.4. The zero-order valence-corrected chi connectivity index (χ0v) is 18.4. The molecule has 0 unspecified atom stereocenters. The van der Waals surface area contributed by atoms with Crippen LogP contribution in [0, 0.1) is 5.92 Å². The van der Waals surface area contributed by atoms with Crippen LogP contribution in [0.3, 0.4) is 0 Å². The number of nitrogens with one attached hydrogen (secondary N) is 1. The Morgan fingerprint density at radius 2 is 1.82 bits per heavy atom. The first-order chi connectivity index (χ1) is 16.1. The molecule has 168 valence electrons. The van der Waals surface area contributed by atoms with Crippen molar-refractivity contribution in [2.45, 2.75) is 12.8 Å². The van der Waals surface area contributed by atoms with Gasteiger partial charge in [-0.25, -0.2) is 4.98 Å². The van der Waals surface area contributed by atoms with Crippen molar-refractivity contribution in [2.24, 2.45) is 21.9 Å². The molecule has 8 nitrogen and oxygen atoms in total. The minimum atomic E-state index is -0.162. The van der Waals surface area contributed by atoms with Gasteiger partial charge >= 0.3 is 0 Å². The highest BCUT2D eigenvalue weighted by Crippen LogP contribution is 2.23. The van der Waals surface area contributed by atoms with Gasteiger partial charge in [0.2, 0.25) is 5.91 Å². The van der Waals surface area contributed by atoms with Crippen molar-refractivity contribution in [3.05, 3.63) is 71.9 Å². The van der Waals surface area contributed by atoms with Crippen LogP contribution in [0.15, 0.2) is 70.9 Å². The molecule has 8 heteroatoms. The van der Waals surface area contributed by atoms with E-state index in [9.17, 15) is 9.59 Å². The molecule has 0 saturated carbocycles. The van der Waals surface area contributed by atoms with Crippen LogP contribution in [0.2, 0.25) is 0 Å². The number of piperidine rings is 1. The van der Waals surface area contributed by atoms with Crippen LogP contribution in [-0.2, 0) is 4.79 Å². The van der Waals surface area contributed by atoms with E-state index in [1.54, 1.807) is 19.5 Å². The van der Waals surface area contributed by atoms with Gasteiger partial charge in [-0.2, -0.15) is 5.10 Å². The second-order valence-electron chi connectivity index (χ2n) is 7.95. The molecule has 1 saturated heterocycles. The molecule has 2 heterocycles. The van der Waals surface area contributed by atoms with E-state index in [0.29, 0.717) is 43.0 Å². The Kier molecular flexibility index (Phi) is 6.73. The molecule has 2 aromatic carbocycles. The maximum atomic E-state index is 12.8. The Bertz CT molecular complexity index is 1210. The lowest BCUT2D eigenvalue weighted by Gasteiger charge is -2.31. The van der Waals surface area contributed by atoms with Crippen molar-refractivity contribution in [1.82, 2.24) is 9.88 Å². The van der Waals surface area contributed by atoms with Gasteiger partial charge in [0.15, 0.2) is 0 Å². The lowest BCUT2D eigenvalue weighted by atomic mass is 9.95. The molecule has 0 radical (unpaired) electrons. The first-order valence-electron chi connectivity index (χ1n) is 10.8. The van der Waals surface area contributed by atoms with E-state index in [-0.39, 0.29) is 17.7 Å². The van der Waals surface area contributed by atoms with Crippen LogP contribution < -0.4 is 11.2 Å². The van der Waals surface area contributed by atoms with E-state index in [0.717, 1.165) is 16.3 Å². The molecule has 2 amide bonds. The number of rotatable bonds is 5. The molecule has 3 N–H and O–H groups in total. The van der Waals surface area contributed by atoms with Crippen LogP contribution in [0.25, 0.3) is 10.8 Å². The number of nitrogens with two attached hydrogens (primary N) is 1. The van der Waals surface area contributed by atoms with Crippen molar-refractivity contribution >= 4 is 40.3 Å². The van der Waals surface area contributed by atoms with Crippen LogP contribution >= 0.6 is 0 Å². The number of pyridine rings is 1. The normalized spacial score (nSPS) is 15.2. The van der Waals surface area contributed by atoms with Gasteiger partial charge < -0.3 is 16.1 Å². The third kappa shape index (κ3) is 5.06. The maximum absolute atomic E-state index is 12.8. The third-order valence-electron chi connectivity index (χ3n) is 5.83. The number of carbonyl (C=O) groups is 2. The fourth-order valence-corrected chi connectivity index (χ4v) is 4.01. The summed E-state index contributed by atoms with van der Waals surface area (Å²) in [6.45, 7) is 1.11. The van der Waals surface area contributed by atoms with Crippen LogP contribution in [0.4, 0.5) is 5.82 Å². The highest BCUT2D eigenvalue weighted by atomic mass is 16.2. The van der Waals surface area contributed by atoms with Crippen molar-refractivity contribution in [1.29, 1.82) is 0 Å². The lowest BCUT2D eigenvalue weighted by Crippen LogP contribution is -2.41. The molecule has 33 heavy (non-hydrogen) atoms. The fourth-order valence-electron chi connectivity index (χ4n) is 4.01. The summed E-state index contributed by atoms with van der Waals surface area (Å²) in [6, 6.07) is 16.8. The van der Waals surface area contributed by atoms with E-state index in [2.05, 4.69) is 20.4 Å². The van der Waals surface area contributed by atoms with Crippen molar-refractivity contribution in [2.75, 3.05) is 25.5 Å². The summed E-state index contributed by atoms with van der Waals surface area (Å²) >= 11 is 0. The summed E-state index contributed by atoms with van der Waals surface area (Å²) in [5.74, 6) is 5.74.